The molecule has 2 rings (SSSR count). The Balaban J connectivity index is 1.77. The summed E-state index contributed by atoms with van der Waals surface area (Å²) in [6.45, 7) is 0. The maximum Gasteiger partial charge on any atom is 0.240 e. The predicted molar refractivity (Wildman–Crippen MR) is 114 cm³/mol. The third-order valence-electron chi connectivity index (χ3n) is 3.34. The summed E-state index contributed by atoms with van der Waals surface area (Å²) in [4.78, 5) is 23.5. The molecule has 2 aromatic carbocycles. The lowest BCUT2D eigenvalue weighted by molar-refractivity contribution is -0.126. The van der Waals surface area contributed by atoms with E-state index in [2.05, 4.69) is 21.1 Å². The largest absolute Gasteiger partial charge is 0.273 e. The summed E-state index contributed by atoms with van der Waals surface area (Å²) in [6, 6.07) is 9.99. The lowest BCUT2D eigenvalue weighted by atomic mass is 10.2. The number of rotatable bonds is 7. The van der Waals surface area contributed by atoms with Crippen LogP contribution in [0.4, 0.5) is 0 Å². The van der Waals surface area contributed by atoms with E-state index in [1.807, 2.05) is 0 Å². The zero-order valence-corrected chi connectivity index (χ0v) is 17.3. The first-order valence-corrected chi connectivity index (χ1v) is 9.41. The first-order chi connectivity index (χ1) is 13.4. The predicted octanol–water partition coefficient (Wildman–Crippen LogP) is 4.68. The number of nitrogens with zero attached hydrogens (tertiary/aromatic N) is 2. The van der Waals surface area contributed by atoms with Crippen molar-refractivity contribution in [3.05, 3.63) is 67.6 Å². The van der Waals surface area contributed by atoms with E-state index in [0.717, 1.165) is 0 Å². The monoisotopic (exact) mass is 458 g/mol. The number of benzene rings is 2. The Morgan fingerprint density at radius 3 is 1.36 bits per heavy atom. The Morgan fingerprint density at radius 2 is 1.04 bits per heavy atom. The Hall–Kier alpha value is -2.12. The molecule has 0 bridgehead atoms. The van der Waals surface area contributed by atoms with Gasteiger partial charge in [-0.25, -0.2) is 10.9 Å². The van der Waals surface area contributed by atoms with E-state index in [9.17, 15) is 9.59 Å². The van der Waals surface area contributed by atoms with Crippen LogP contribution in [0, 0.1) is 0 Å². The number of hydrazone groups is 2. The van der Waals surface area contributed by atoms with Crippen LogP contribution in [0.1, 0.15) is 24.0 Å². The van der Waals surface area contributed by atoms with Gasteiger partial charge in [-0.05, 0) is 24.3 Å². The molecule has 0 atom stereocenters. The normalized spacial score (nSPS) is 11.1. The van der Waals surface area contributed by atoms with Gasteiger partial charge in [0.2, 0.25) is 11.8 Å². The van der Waals surface area contributed by atoms with Crippen molar-refractivity contribution in [2.75, 3.05) is 0 Å². The number of carbonyl (C=O) groups excluding carboxylic acids is 2. The lowest BCUT2D eigenvalue weighted by Gasteiger charge is -2.02. The molecule has 0 spiro atoms. The van der Waals surface area contributed by atoms with Crippen LogP contribution in [0.3, 0.4) is 0 Å². The molecule has 0 unspecified atom stereocenters. The minimum Gasteiger partial charge on any atom is -0.273 e. The Kier molecular flexibility index (Phi) is 8.73. The van der Waals surface area contributed by atoms with Crippen LogP contribution in [0.2, 0.25) is 20.1 Å². The maximum atomic E-state index is 11.7. The van der Waals surface area contributed by atoms with Gasteiger partial charge in [-0.1, -0.05) is 58.5 Å². The molecule has 0 heterocycles. The molecule has 2 amide bonds. The van der Waals surface area contributed by atoms with Crippen LogP contribution in [0.15, 0.2) is 46.6 Å². The highest BCUT2D eigenvalue weighted by molar-refractivity contribution is 6.39. The van der Waals surface area contributed by atoms with Crippen molar-refractivity contribution < 1.29 is 9.59 Å². The molecule has 0 fully saturated rings. The molecule has 146 valence electrons. The third-order valence-corrected chi connectivity index (χ3v) is 4.66. The second-order valence-electron chi connectivity index (χ2n) is 5.36. The fourth-order valence-electron chi connectivity index (χ4n) is 1.94. The molecular formula is C18H14Cl4N4O2. The van der Waals surface area contributed by atoms with E-state index in [1.165, 1.54) is 12.4 Å². The van der Waals surface area contributed by atoms with E-state index in [0.29, 0.717) is 31.2 Å². The number of carbonyl (C=O) groups is 2. The van der Waals surface area contributed by atoms with Gasteiger partial charge in [-0.2, -0.15) is 10.2 Å². The summed E-state index contributed by atoms with van der Waals surface area (Å²) in [7, 11) is 0. The number of halogens is 4. The standard InChI is InChI=1S/C18H14Cl4N4O2/c19-13-3-1-4-14(20)11(13)9-23-25-17(27)7-8-18(28)26-24-10-12-15(21)5-2-6-16(12)22/h1-6,9-10H,7-8H2,(H,25,27)(H,26,28)/b23-9+,24-10+. The van der Waals surface area contributed by atoms with Crippen molar-refractivity contribution in [1.29, 1.82) is 0 Å². The van der Waals surface area contributed by atoms with Crippen LogP contribution < -0.4 is 10.9 Å². The van der Waals surface area contributed by atoms with Crippen LogP contribution in [0.25, 0.3) is 0 Å². The summed E-state index contributed by atoms with van der Waals surface area (Å²) >= 11 is 24.0. The second kappa shape index (κ2) is 11.0. The van der Waals surface area contributed by atoms with Crippen molar-refractivity contribution >= 4 is 70.6 Å². The van der Waals surface area contributed by atoms with Gasteiger partial charge in [-0.3, -0.25) is 9.59 Å². The van der Waals surface area contributed by atoms with Crippen LogP contribution in [-0.4, -0.2) is 24.2 Å². The molecule has 0 aromatic heterocycles. The highest BCUT2D eigenvalue weighted by Gasteiger charge is 2.07. The van der Waals surface area contributed by atoms with Crippen LogP contribution in [-0.2, 0) is 9.59 Å². The molecule has 2 aromatic rings. The Morgan fingerprint density at radius 1 is 0.714 bits per heavy atom. The summed E-state index contributed by atoms with van der Waals surface area (Å²) in [5.41, 5.74) is 5.56. The zero-order chi connectivity index (χ0) is 20.5. The summed E-state index contributed by atoms with van der Waals surface area (Å²) in [6.07, 6.45) is 2.50. The van der Waals surface area contributed by atoms with Crippen LogP contribution >= 0.6 is 46.4 Å². The molecule has 0 aliphatic rings. The van der Waals surface area contributed by atoms with E-state index >= 15 is 0 Å². The van der Waals surface area contributed by atoms with Gasteiger partial charge in [0, 0.05) is 24.0 Å². The van der Waals surface area contributed by atoms with Gasteiger partial charge in [0.1, 0.15) is 0 Å². The Labute approximate surface area is 181 Å². The first-order valence-electron chi connectivity index (χ1n) is 7.90. The number of hydrogen-bond donors (Lipinski definition) is 2. The highest BCUT2D eigenvalue weighted by Crippen LogP contribution is 2.22. The number of amides is 2. The molecule has 2 N–H and O–H groups in total. The summed E-state index contributed by atoms with van der Waals surface area (Å²) in [5.74, 6) is -0.902. The average molecular weight is 460 g/mol. The zero-order valence-electron chi connectivity index (χ0n) is 14.3. The van der Waals surface area contributed by atoms with Gasteiger partial charge >= 0.3 is 0 Å². The molecule has 6 nitrogen and oxygen atoms in total. The van der Waals surface area contributed by atoms with Crippen LogP contribution in [0.5, 0.6) is 0 Å². The number of nitrogens with one attached hydrogen (secondary N) is 2. The molecule has 10 heteroatoms. The first kappa shape index (κ1) is 22.2. The topological polar surface area (TPSA) is 82.9 Å². The van der Waals surface area contributed by atoms with E-state index < -0.39 is 11.8 Å². The molecule has 0 saturated carbocycles. The SMILES string of the molecule is O=C(CCC(=O)N/N=C/c1c(Cl)cccc1Cl)N/N=C/c1c(Cl)cccc1Cl. The van der Waals surface area contributed by atoms with Crippen molar-refractivity contribution in [3.8, 4) is 0 Å². The summed E-state index contributed by atoms with van der Waals surface area (Å²) < 4.78 is 0. The minimum atomic E-state index is -0.451. The van der Waals surface area contributed by atoms with Gasteiger partial charge < -0.3 is 0 Å². The summed E-state index contributed by atoms with van der Waals surface area (Å²) in [5, 5.41) is 9.17. The van der Waals surface area contributed by atoms with E-state index in [4.69, 9.17) is 46.4 Å². The molecule has 0 aliphatic carbocycles. The van der Waals surface area contributed by atoms with Crippen molar-refractivity contribution in [2.45, 2.75) is 12.8 Å². The van der Waals surface area contributed by atoms with Gasteiger partial charge in [0.05, 0.1) is 32.5 Å². The fourth-order valence-corrected chi connectivity index (χ4v) is 2.93. The average Bonchev–Trinajstić information content (AvgIpc) is 2.65. The van der Waals surface area contributed by atoms with E-state index in [1.54, 1.807) is 36.4 Å². The molecule has 28 heavy (non-hydrogen) atoms. The number of hydrogen-bond acceptors (Lipinski definition) is 4. The highest BCUT2D eigenvalue weighted by atomic mass is 35.5. The minimum absolute atomic E-state index is 0.0816. The lowest BCUT2D eigenvalue weighted by Crippen LogP contribution is -2.22. The molecular weight excluding hydrogens is 446 g/mol. The maximum absolute atomic E-state index is 11.7. The van der Waals surface area contributed by atoms with Crippen molar-refractivity contribution in [2.24, 2.45) is 10.2 Å². The van der Waals surface area contributed by atoms with Gasteiger partial charge in [-0.15, -0.1) is 0 Å². The Bertz CT molecular complexity index is 816. The molecule has 0 aliphatic heterocycles. The van der Waals surface area contributed by atoms with Gasteiger partial charge in [0.25, 0.3) is 0 Å². The van der Waals surface area contributed by atoms with Crippen molar-refractivity contribution in [3.63, 3.8) is 0 Å². The molecule has 0 saturated heterocycles. The molecule has 0 radical (unpaired) electrons. The fraction of sp³-hybridized carbons (Fsp3) is 0.111. The quantitative estimate of drug-likeness (QED) is 0.465. The van der Waals surface area contributed by atoms with Gasteiger partial charge in [0.15, 0.2) is 0 Å². The smallest absolute Gasteiger partial charge is 0.240 e. The second-order valence-corrected chi connectivity index (χ2v) is 6.99. The third kappa shape index (κ3) is 6.80. The van der Waals surface area contributed by atoms with E-state index in [-0.39, 0.29) is 12.8 Å². The van der Waals surface area contributed by atoms with Crippen molar-refractivity contribution in [1.82, 2.24) is 10.9 Å².